The maximum Gasteiger partial charge on any atom is 0.120 e. The van der Waals surface area contributed by atoms with Crippen LogP contribution in [-0.2, 0) is 0 Å². The van der Waals surface area contributed by atoms with Crippen molar-refractivity contribution in [2.24, 2.45) is 0 Å². The highest BCUT2D eigenvalue weighted by atomic mass is 35.5. The molecule has 0 fully saturated rings. The molecule has 0 bridgehead atoms. The molecule has 0 aliphatic rings. The number of halogens is 2. The zero-order valence-corrected chi connectivity index (χ0v) is 9.61. The predicted octanol–water partition coefficient (Wildman–Crippen LogP) is 2.60. The lowest BCUT2D eigenvalue weighted by Gasteiger charge is -2.06. The zero-order chi connectivity index (χ0) is 11.1. The number of nitrogens with one attached hydrogen (secondary N) is 1. The minimum atomic E-state index is 0.491. The van der Waals surface area contributed by atoms with Crippen molar-refractivity contribution >= 4 is 23.2 Å². The summed E-state index contributed by atoms with van der Waals surface area (Å²) in [7, 11) is 0. The molecule has 1 aromatic rings. The van der Waals surface area contributed by atoms with Gasteiger partial charge in [-0.05, 0) is 12.1 Å². The van der Waals surface area contributed by atoms with E-state index in [1.165, 1.54) is 0 Å². The molecular weight excluding hydrogens is 233 g/mol. The number of rotatable bonds is 5. The second-order valence-corrected chi connectivity index (χ2v) is 3.62. The first kappa shape index (κ1) is 12.2. The van der Waals surface area contributed by atoms with Gasteiger partial charge >= 0.3 is 0 Å². The van der Waals surface area contributed by atoms with E-state index in [0.29, 0.717) is 35.5 Å². The molecule has 1 aromatic carbocycles. The third-order valence-electron chi connectivity index (χ3n) is 1.67. The van der Waals surface area contributed by atoms with E-state index in [1.54, 1.807) is 18.2 Å². The van der Waals surface area contributed by atoms with Gasteiger partial charge in [0.05, 0.1) is 16.6 Å². The molecule has 0 saturated heterocycles. The molecule has 0 unspecified atom stereocenters. The minimum Gasteiger partial charge on any atom is -0.492 e. The summed E-state index contributed by atoms with van der Waals surface area (Å²) in [5.41, 5.74) is 0. The molecule has 1 N–H and O–H groups in total. The fourth-order valence-corrected chi connectivity index (χ4v) is 1.26. The molecule has 0 amide bonds. The Bertz CT molecular complexity index is 360. The van der Waals surface area contributed by atoms with E-state index in [1.807, 2.05) is 0 Å². The molecular formula is C11H11Cl2NO. The number of terminal acetylenes is 1. The van der Waals surface area contributed by atoms with Crippen LogP contribution in [0.4, 0.5) is 0 Å². The Balaban J connectivity index is 2.32. The topological polar surface area (TPSA) is 21.3 Å². The maximum absolute atomic E-state index is 5.82. The van der Waals surface area contributed by atoms with Crippen LogP contribution in [0.25, 0.3) is 0 Å². The molecule has 80 valence electrons. The molecule has 0 heterocycles. The van der Waals surface area contributed by atoms with Crippen LogP contribution >= 0.6 is 23.2 Å². The van der Waals surface area contributed by atoms with Gasteiger partial charge in [0.2, 0.25) is 0 Å². The van der Waals surface area contributed by atoms with E-state index in [4.69, 9.17) is 34.4 Å². The summed E-state index contributed by atoms with van der Waals surface area (Å²) in [5.74, 6) is 3.18. The highest BCUT2D eigenvalue weighted by Crippen LogP contribution is 2.26. The Labute approximate surface area is 99.5 Å². The Morgan fingerprint density at radius 2 is 2.13 bits per heavy atom. The summed E-state index contributed by atoms with van der Waals surface area (Å²) in [6.45, 7) is 1.79. The number of ether oxygens (including phenoxy) is 1. The molecule has 15 heavy (non-hydrogen) atoms. The van der Waals surface area contributed by atoms with E-state index in [-0.39, 0.29) is 0 Å². The molecule has 4 heteroatoms. The van der Waals surface area contributed by atoms with Crippen molar-refractivity contribution in [3.05, 3.63) is 28.2 Å². The summed E-state index contributed by atoms with van der Waals surface area (Å²) in [6.07, 6.45) is 5.07. The number of hydrogen-bond donors (Lipinski definition) is 1. The van der Waals surface area contributed by atoms with Gasteiger partial charge in [0.25, 0.3) is 0 Å². The molecule has 0 spiro atoms. The summed E-state index contributed by atoms with van der Waals surface area (Å²) in [6, 6.07) is 5.16. The summed E-state index contributed by atoms with van der Waals surface area (Å²) < 4.78 is 5.41. The van der Waals surface area contributed by atoms with Crippen molar-refractivity contribution < 1.29 is 4.74 Å². The zero-order valence-electron chi connectivity index (χ0n) is 8.09. The van der Waals surface area contributed by atoms with Crippen molar-refractivity contribution in [1.82, 2.24) is 5.32 Å². The monoisotopic (exact) mass is 243 g/mol. The third kappa shape index (κ3) is 4.44. The Hall–Kier alpha value is -0.880. The first-order valence-electron chi connectivity index (χ1n) is 4.46. The lowest BCUT2D eigenvalue weighted by Crippen LogP contribution is -2.21. The van der Waals surface area contributed by atoms with Crippen molar-refractivity contribution in [1.29, 1.82) is 0 Å². The first-order chi connectivity index (χ1) is 7.24. The molecule has 1 rings (SSSR count). The predicted molar refractivity (Wildman–Crippen MR) is 63.7 cm³/mol. The quantitative estimate of drug-likeness (QED) is 0.635. The third-order valence-corrected chi connectivity index (χ3v) is 2.40. The van der Waals surface area contributed by atoms with E-state index in [0.717, 1.165) is 0 Å². The van der Waals surface area contributed by atoms with E-state index in [2.05, 4.69) is 11.2 Å². The van der Waals surface area contributed by atoms with Crippen molar-refractivity contribution in [3.63, 3.8) is 0 Å². The smallest absolute Gasteiger partial charge is 0.120 e. The molecule has 0 saturated carbocycles. The van der Waals surface area contributed by atoms with Crippen molar-refractivity contribution in [2.75, 3.05) is 19.7 Å². The van der Waals surface area contributed by atoms with Crippen LogP contribution in [0.5, 0.6) is 5.75 Å². The van der Waals surface area contributed by atoms with E-state index in [9.17, 15) is 0 Å². The van der Waals surface area contributed by atoms with Gasteiger partial charge in [0.15, 0.2) is 0 Å². The molecule has 0 radical (unpaired) electrons. The Morgan fingerprint density at radius 1 is 1.33 bits per heavy atom. The number of hydrogen-bond acceptors (Lipinski definition) is 2. The average molecular weight is 244 g/mol. The lowest BCUT2D eigenvalue weighted by atomic mass is 10.3. The molecule has 2 nitrogen and oxygen atoms in total. The first-order valence-corrected chi connectivity index (χ1v) is 5.21. The molecule has 0 atom stereocenters. The van der Waals surface area contributed by atoms with Gasteiger partial charge in [-0.1, -0.05) is 29.1 Å². The van der Waals surface area contributed by atoms with Gasteiger partial charge in [-0.25, -0.2) is 0 Å². The summed E-state index contributed by atoms with van der Waals surface area (Å²) >= 11 is 11.6. The SMILES string of the molecule is C#CCNCCOc1ccc(Cl)c(Cl)c1. The number of benzene rings is 1. The standard InChI is InChI=1S/C11H11Cl2NO/c1-2-5-14-6-7-15-9-3-4-10(12)11(13)8-9/h1,3-4,8,14H,5-7H2. The maximum atomic E-state index is 5.82. The summed E-state index contributed by atoms with van der Waals surface area (Å²) in [4.78, 5) is 0. The molecule has 0 aliphatic heterocycles. The van der Waals surface area contributed by atoms with Gasteiger partial charge in [-0.3, -0.25) is 0 Å². The lowest BCUT2D eigenvalue weighted by molar-refractivity contribution is 0.317. The highest BCUT2D eigenvalue weighted by molar-refractivity contribution is 6.42. The van der Waals surface area contributed by atoms with E-state index < -0.39 is 0 Å². The normalized spacial score (nSPS) is 9.67. The largest absolute Gasteiger partial charge is 0.492 e. The van der Waals surface area contributed by atoms with Crippen LogP contribution in [0, 0.1) is 12.3 Å². The van der Waals surface area contributed by atoms with Gasteiger partial charge < -0.3 is 10.1 Å². The average Bonchev–Trinajstić information content (AvgIpc) is 2.23. The van der Waals surface area contributed by atoms with Crippen LogP contribution in [0.1, 0.15) is 0 Å². The second kappa shape index (κ2) is 6.58. The fourth-order valence-electron chi connectivity index (χ4n) is 0.968. The van der Waals surface area contributed by atoms with Crippen LogP contribution in [0.15, 0.2) is 18.2 Å². The van der Waals surface area contributed by atoms with Crippen molar-refractivity contribution in [3.8, 4) is 18.1 Å². The van der Waals surface area contributed by atoms with Crippen LogP contribution in [-0.4, -0.2) is 19.7 Å². The molecule has 0 aliphatic carbocycles. The Kier molecular flexibility index (Phi) is 5.34. The van der Waals surface area contributed by atoms with Gasteiger partial charge in [-0.15, -0.1) is 6.42 Å². The summed E-state index contributed by atoms with van der Waals surface area (Å²) in [5, 5.41) is 4.03. The van der Waals surface area contributed by atoms with Crippen molar-refractivity contribution in [2.45, 2.75) is 0 Å². The highest BCUT2D eigenvalue weighted by Gasteiger charge is 1.99. The fraction of sp³-hybridized carbons (Fsp3) is 0.273. The second-order valence-electron chi connectivity index (χ2n) is 2.81. The minimum absolute atomic E-state index is 0.491. The van der Waals surface area contributed by atoms with Gasteiger partial charge in [-0.2, -0.15) is 0 Å². The van der Waals surface area contributed by atoms with Gasteiger partial charge in [0, 0.05) is 12.6 Å². The van der Waals surface area contributed by atoms with E-state index >= 15 is 0 Å². The van der Waals surface area contributed by atoms with Gasteiger partial charge in [0.1, 0.15) is 12.4 Å². The van der Waals surface area contributed by atoms with Crippen LogP contribution < -0.4 is 10.1 Å². The van der Waals surface area contributed by atoms with Crippen LogP contribution in [0.3, 0.4) is 0 Å². The van der Waals surface area contributed by atoms with Crippen LogP contribution in [0.2, 0.25) is 10.0 Å². The molecule has 0 aromatic heterocycles. The Morgan fingerprint density at radius 3 is 2.80 bits per heavy atom.